The summed E-state index contributed by atoms with van der Waals surface area (Å²) in [5, 5.41) is 8.59. The van der Waals surface area contributed by atoms with E-state index in [2.05, 4.69) is 14.9 Å². The van der Waals surface area contributed by atoms with Crippen molar-refractivity contribution in [2.45, 2.75) is 24.9 Å². The van der Waals surface area contributed by atoms with Crippen molar-refractivity contribution in [1.82, 2.24) is 19.4 Å². The third kappa shape index (κ3) is 4.44. The number of hydrogen-bond acceptors (Lipinski definition) is 8. The lowest BCUT2D eigenvalue weighted by Crippen LogP contribution is -2.48. The van der Waals surface area contributed by atoms with E-state index in [4.69, 9.17) is 0 Å². The van der Waals surface area contributed by atoms with Gasteiger partial charge < -0.3 is 15.1 Å². The Labute approximate surface area is 211 Å². The maximum absolute atomic E-state index is 13.6. The van der Waals surface area contributed by atoms with Gasteiger partial charge in [-0.15, -0.1) is 5.10 Å². The van der Waals surface area contributed by atoms with Crippen LogP contribution in [0.5, 0.6) is 0 Å². The van der Waals surface area contributed by atoms with Crippen molar-refractivity contribution in [3.05, 3.63) is 70.7 Å². The summed E-state index contributed by atoms with van der Waals surface area (Å²) in [6.07, 6.45) is 1.43. The molecule has 4 amide bonds. The smallest absolute Gasteiger partial charge is 0.262 e. The molecule has 11 heteroatoms. The van der Waals surface area contributed by atoms with Gasteiger partial charge in [0, 0.05) is 36.9 Å². The summed E-state index contributed by atoms with van der Waals surface area (Å²) in [5.41, 5.74) is 2.43. The highest BCUT2D eigenvalue weighted by Crippen LogP contribution is 2.36. The highest BCUT2D eigenvalue weighted by atomic mass is 32.1. The van der Waals surface area contributed by atoms with Crippen LogP contribution in [0.25, 0.3) is 0 Å². The first-order valence-electron chi connectivity index (χ1n) is 11.5. The van der Waals surface area contributed by atoms with E-state index in [1.807, 2.05) is 31.1 Å². The van der Waals surface area contributed by atoms with Crippen LogP contribution in [0.15, 0.2) is 53.9 Å². The van der Waals surface area contributed by atoms with Crippen molar-refractivity contribution >= 4 is 46.5 Å². The standard InChI is InChI=1S/C25H24N6O4S/c1-29(2)16-9-7-15(8-10-16)26-23(33)22(20-14-36-28-27-20)31(17-11-12-17)21(32)13-30-24(34)18-5-3-4-6-19(18)25(30)35/h3-10,14,17,22H,11-13H2,1-2H3,(H,26,33). The molecule has 1 aromatic heterocycles. The third-order valence-corrected chi connectivity index (χ3v) is 6.76. The minimum absolute atomic E-state index is 0.193. The molecule has 1 unspecified atom stereocenters. The van der Waals surface area contributed by atoms with Gasteiger partial charge in [-0.1, -0.05) is 16.6 Å². The molecule has 3 aromatic rings. The van der Waals surface area contributed by atoms with Gasteiger partial charge in [0.25, 0.3) is 17.7 Å². The van der Waals surface area contributed by atoms with Crippen molar-refractivity contribution in [2.75, 3.05) is 30.9 Å². The number of nitrogens with one attached hydrogen (secondary N) is 1. The molecule has 2 heterocycles. The molecule has 1 N–H and O–H groups in total. The van der Waals surface area contributed by atoms with Gasteiger partial charge >= 0.3 is 0 Å². The zero-order valence-electron chi connectivity index (χ0n) is 19.7. The lowest BCUT2D eigenvalue weighted by molar-refractivity contribution is -0.140. The molecule has 1 aliphatic heterocycles. The quantitative estimate of drug-likeness (QED) is 0.469. The van der Waals surface area contributed by atoms with Crippen LogP contribution in [0.4, 0.5) is 11.4 Å². The third-order valence-electron chi connectivity index (χ3n) is 6.23. The lowest BCUT2D eigenvalue weighted by atomic mass is 10.1. The van der Waals surface area contributed by atoms with Crippen LogP contribution in [-0.4, -0.2) is 69.7 Å². The van der Waals surface area contributed by atoms with E-state index in [1.54, 1.807) is 41.8 Å². The summed E-state index contributed by atoms with van der Waals surface area (Å²) in [6.45, 7) is -0.457. The highest BCUT2D eigenvalue weighted by Gasteiger charge is 2.45. The molecule has 1 fully saturated rings. The maximum Gasteiger partial charge on any atom is 0.262 e. The number of carbonyl (C=O) groups excluding carboxylic acids is 4. The van der Waals surface area contributed by atoms with Crippen LogP contribution < -0.4 is 10.2 Å². The molecular formula is C25H24N6O4S. The maximum atomic E-state index is 13.6. The molecule has 0 bridgehead atoms. The predicted molar refractivity (Wildman–Crippen MR) is 134 cm³/mol. The molecule has 1 aliphatic carbocycles. The zero-order valence-corrected chi connectivity index (χ0v) is 20.6. The number of hydrogen-bond donors (Lipinski definition) is 1. The number of fused-ring (bicyclic) bond motifs is 1. The van der Waals surface area contributed by atoms with Crippen LogP contribution in [0.2, 0.25) is 0 Å². The number of benzene rings is 2. The van der Waals surface area contributed by atoms with Crippen molar-refractivity contribution in [3.8, 4) is 0 Å². The monoisotopic (exact) mass is 504 g/mol. The number of imide groups is 1. The van der Waals surface area contributed by atoms with Gasteiger partial charge in [-0.2, -0.15) is 0 Å². The van der Waals surface area contributed by atoms with Gasteiger partial charge in [-0.25, -0.2) is 0 Å². The van der Waals surface area contributed by atoms with Crippen LogP contribution in [0, 0.1) is 0 Å². The molecular weight excluding hydrogens is 480 g/mol. The van der Waals surface area contributed by atoms with Gasteiger partial charge in [-0.3, -0.25) is 24.1 Å². The van der Waals surface area contributed by atoms with E-state index in [1.165, 1.54) is 4.90 Å². The fraction of sp³-hybridized carbons (Fsp3) is 0.280. The van der Waals surface area contributed by atoms with Crippen LogP contribution in [-0.2, 0) is 9.59 Å². The first-order chi connectivity index (χ1) is 17.3. The Morgan fingerprint density at radius 1 is 1.06 bits per heavy atom. The van der Waals surface area contributed by atoms with E-state index in [-0.39, 0.29) is 17.2 Å². The van der Waals surface area contributed by atoms with E-state index in [0.717, 1.165) is 22.1 Å². The Balaban J connectivity index is 1.40. The van der Waals surface area contributed by atoms with E-state index >= 15 is 0 Å². The Morgan fingerprint density at radius 3 is 2.22 bits per heavy atom. The summed E-state index contributed by atoms with van der Waals surface area (Å²) in [5.74, 6) is -1.97. The van der Waals surface area contributed by atoms with Crippen molar-refractivity contribution < 1.29 is 19.2 Å². The Morgan fingerprint density at radius 2 is 1.69 bits per heavy atom. The molecule has 184 valence electrons. The van der Waals surface area contributed by atoms with E-state index in [9.17, 15) is 19.2 Å². The second kappa shape index (κ2) is 9.50. The number of rotatable bonds is 8. The second-order valence-electron chi connectivity index (χ2n) is 8.94. The average Bonchev–Trinajstić information content (AvgIpc) is 3.51. The van der Waals surface area contributed by atoms with Gasteiger partial charge in [-0.05, 0) is 60.8 Å². The molecule has 1 saturated carbocycles. The van der Waals surface area contributed by atoms with Crippen LogP contribution in [0.1, 0.15) is 45.3 Å². The summed E-state index contributed by atoms with van der Waals surface area (Å²) in [6, 6.07) is 12.6. The Bertz CT molecular complexity index is 1290. The van der Waals surface area contributed by atoms with E-state index < -0.39 is 36.2 Å². The fourth-order valence-corrected chi connectivity index (χ4v) is 4.73. The fourth-order valence-electron chi connectivity index (χ4n) is 4.26. The summed E-state index contributed by atoms with van der Waals surface area (Å²) >= 11 is 1.08. The lowest BCUT2D eigenvalue weighted by Gasteiger charge is -2.31. The number of anilines is 2. The number of nitrogens with zero attached hydrogens (tertiary/aromatic N) is 5. The molecule has 0 radical (unpaired) electrons. The molecule has 0 saturated heterocycles. The SMILES string of the molecule is CN(C)c1ccc(NC(=O)C(c2csnn2)N(C(=O)CN2C(=O)c3ccccc3C2=O)C2CC2)cc1. The number of amides is 4. The molecule has 36 heavy (non-hydrogen) atoms. The van der Waals surface area contributed by atoms with Gasteiger partial charge in [0.15, 0.2) is 6.04 Å². The van der Waals surface area contributed by atoms with Gasteiger partial charge in [0.05, 0.1) is 11.1 Å². The largest absolute Gasteiger partial charge is 0.378 e. The van der Waals surface area contributed by atoms with Crippen LogP contribution in [0.3, 0.4) is 0 Å². The van der Waals surface area contributed by atoms with Gasteiger partial charge in [0.1, 0.15) is 12.2 Å². The van der Waals surface area contributed by atoms with E-state index in [0.29, 0.717) is 24.2 Å². The average molecular weight is 505 g/mol. The summed E-state index contributed by atoms with van der Waals surface area (Å²) < 4.78 is 3.89. The second-order valence-corrected chi connectivity index (χ2v) is 9.55. The predicted octanol–water partition coefficient (Wildman–Crippen LogP) is 2.57. The zero-order chi connectivity index (χ0) is 25.4. The van der Waals surface area contributed by atoms with Crippen LogP contribution >= 0.6 is 11.5 Å². The number of aromatic nitrogens is 2. The Hall–Kier alpha value is -4.12. The first-order valence-corrected chi connectivity index (χ1v) is 12.3. The topological polar surface area (TPSA) is 116 Å². The summed E-state index contributed by atoms with van der Waals surface area (Å²) in [7, 11) is 3.85. The highest BCUT2D eigenvalue weighted by molar-refractivity contribution is 7.03. The minimum atomic E-state index is -1.05. The Kier molecular flexibility index (Phi) is 6.23. The van der Waals surface area contributed by atoms with Crippen molar-refractivity contribution in [2.24, 2.45) is 0 Å². The normalized spacial score (nSPS) is 15.4. The molecule has 2 aliphatic rings. The molecule has 1 atom stereocenters. The minimum Gasteiger partial charge on any atom is -0.378 e. The van der Waals surface area contributed by atoms with Gasteiger partial charge in [0.2, 0.25) is 5.91 Å². The molecule has 5 rings (SSSR count). The summed E-state index contributed by atoms with van der Waals surface area (Å²) in [4.78, 5) is 57.1. The van der Waals surface area contributed by atoms with Crippen molar-refractivity contribution in [1.29, 1.82) is 0 Å². The molecule has 0 spiro atoms. The molecule has 2 aromatic carbocycles. The first kappa shape index (κ1) is 23.6. The van der Waals surface area contributed by atoms with Crippen molar-refractivity contribution in [3.63, 3.8) is 0 Å². The number of carbonyl (C=O) groups is 4. The molecule has 10 nitrogen and oxygen atoms in total.